The van der Waals surface area contributed by atoms with Crippen molar-refractivity contribution in [3.63, 3.8) is 0 Å². The summed E-state index contributed by atoms with van der Waals surface area (Å²) in [5.41, 5.74) is 7.60. The highest BCUT2D eigenvalue weighted by atomic mass is 19.1. The zero-order valence-electron chi connectivity index (χ0n) is 12.1. The van der Waals surface area contributed by atoms with E-state index in [1.165, 1.54) is 18.2 Å². The van der Waals surface area contributed by atoms with Crippen LogP contribution in [0.25, 0.3) is 0 Å². The summed E-state index contributed by atoms with van der Waals surface area (Å²) in [6.45, 7) is 2.63. The fraction of sp³-hybridized carbons (Fsp3) is 0.312. The predicted octanol–water partition coefficient (Wildman–Crippen LogP) is 3.13. The maximum absolute atomic E-state index is 13.2. The van der Waals surface area contributed by atoms with Gasteiger partial charge in [-0.25, -0.2) is 8.78 Å². The SMILES string of the molecule is CC(CN(C)c1cccc(F)c1)C(N)c1ccc(F)cn1. The third-order valence-electron chi connectivity index (χ3n) is 3.52. The Kier molecular flexibility index (Phi) is 4.85. The molecule has 2 aromatic rings. The summed E-state index contributed by atoms with van der Waals surface area (Å²) in [6, 6.07) is 9.06. The summed E-state index contributed by atoms with van der Waals surface area (Å²) in [5, 5.41) is 0. The van der Waals surface area contributed by atoms with Crippen molar-refractivity contribution < 1.29 is 8.78 Å². The molecule has 1 aromatic heterocycles. The van der Waals surface area contributed by atoms with Crippen LogP contribution in [-0.4, -0.2) is 18.6 Å². The minimum absolute atomic E-state index is 0.0798. The summed E-state index contributed by atoms with van der Waals surface area (Å²) in [7, 11) is 1.89. The molecule has 0 aliphatic heterocycles. The molecule has 2 N–H and O–H groups in total. The van der Waals surface area contributed by atoms with Crippen molar-refractivity contribution in [3.8, 4) is 0 Å². The fourth-order valence-electron chi connectivity index (χ4n) is 2.24. The van der Waals surface area contributed by atoms with Crippen LogP contribution in [0, 0.1) is 17.6 Å². The minimum Gasteiger partial charge on any atom is -0.374 e. The molecule has 0 aliphatic rings. The lowest BCUT2D eigenvalue weighted by atomic mass is 9.98. The summed E-state index contributed by atoms with van der Waals surface area (Å²) < 4.78 is 26.1. The van der Waals surface area contributed by atoms with Gasteiger partial charge in [0.25, 0.3) is 0 Å². The van der Waals surface area contributed by atoms with Crippen LogP contribution in [0.4, 0.5) is 14.5 Å². The van der Waals surface area contributed by atoms with E-state index >= 15 is 0 Å². The molecule has 0 fully saturated rings. The van der Waals surface area contributed by atoms with Crippen molar-refractivity contribution in [3.05, 3.63) is 59.9 Å². The first-order chi connectivity index (χ1) is 9.97. The van der Waals surface area contributed by atoms with Crippen LogP contribution >= 0.6 is 0 Å². The van der Waals surface area contributed by atoms with Crippen LogP contribution in [-0.2, 0) is 0 Å². The molecule has 112 valence electrons. The second-order valence-corrected chi connectivity index (χ2v) is 5.26. The maximum Gasteiger partial charge on any atom is 0.141 e. The van der Waals surface area contributed by atoms with Gasteiger partial charge in [0, 0.05) is 19.3 Å². The first kappa shape index (κ1) is 15.4. The molecule has 5 heteroatoms. The largest absolute Gasteiger partial charge is 0.374 e. The summed E-state index contributed by atoms with van der Waals surface area (Å²) in [5.74, 6) is -0.566. The molecule has 2 unspecified atom stereocenters. The van der Waals surface area contributed by atoms with E-state index in [4.69, 9.17) is 5.73 Å². The Bertz CT molecular complexity index is 586. The van der Waals surface area contributed by atoms with E-state index in [-0.39, 0.29) is 23.6 Å². The number of rotatable bonds is 5. The molecule has 0 spiro atoms. The Morgan fingerprint density at radius 1 is 1.19 bits per heavy atom. The Morgan fingerprint density at radius 3 is 2.57 bits per heavy atom. The van der Waals surface area contributed by atoms with Crippen LogP contribution in [0.1, 0.15) is 18.7 Å². The molecule has 0 radical (unpaired) electrons. The van der Waals surface area contributed by atoms with E-state index in [1.807, 2.05) is 24.9 Å². The number of halogens is 2. The predicted molar refractivity (Wildman–Crippen MR) is 80.0 cm³/mol. The lowest BCUT2D eigenvalue weighted by molar-refractivity contribution is 0.461. The number of aromatic nitrogens is 1. The van der Waals surface area contributed by atoms with E-state index in [0.29, 0.717) is 12.2 Å². The zero-order valence-corrected chi connectivity index (χ0v) is 12.1. The van der Waals surface area contributed by atoms with E-state index in [2.05, 4.69) is 4.98 Å². The van der Waals surface area contributed by atoms with E-state index < -0.39 is 0 Å². The highest BCUT2D eigenvalue weighted by Gasteiger charge is 2.18. The van der Waals surface area contributed by atoms with Gasteiger partial charge in [-0.05, 0) is 36.2 Å². The molecule has 0 saturated heterocycles. The average Bonchev–Trinajstić information content (AvgIpc) is 2.47. The van der Waals surface area contributed by atoms with Crippen LogP contribution in [0.2, 0.25) is 0 Å². The molecule has 0 saturated carbocycles. The molecule has 21 heavy (non-hydrogen) atoms. The summed E-state index contributed by atoms with van der Waals surface area (Å²) in [6.07, 6.45) is 1.16. The quantitative estimate of drug-likeness (QED) is 0.920. The first-order valence-corrected chi connectivity index (χ1v) is 6.81. The number of nitrogens with two attached hydrogens (primary N) is 1. The van der Waals surface area contributed by atoms with E-state index in [1.54, 1.807) is 12.1 Å². The van der Waals surface area contributed by atoms with Crippen LogP contribution in [0.15, 0.2) is 42.6 Å². The molecular weight excluding hydrogens is 272 g/mol. The van der Waals surface area contributed by atoms with Gasteiger partial charge in [-0.1, -0.05) is 13.0 Å². The number of hydrogen-bond donors (Lipinski definition) is 1. The van der Waals surface area contributed by atoms with Crippen molar-refractivity contribution in [1.82, 2.24) is 4.98 Å². The molecule has 1 heterocycles. The van der Waals surface area contributed by atoms with Crippen molar-refractivity contribution in [1.29, 1.82) is 0 Å². The van der Waals surface area contributed by atoms with E-state index in [0.717, 1.165) is 11.9 Å². The standard InChI is InChI=1S/C16H19F2N3/c1-11(16(19)15-7-6-13(18)9-20-15)10-21(2)14-5-3-4-12(17)8-14/h3-9,11,16H,10,19H2,1-2H3. The number of anilines is 1. The van der Waals surface area contributed by atoms with Gasteiger partial charge < -0.3 is 10.6 Å². The van der Waals surface area contributed by atoms with Crippen molar-refractivity contribution in [2.45, 2.75) is 13.0 Å². The second-order valence-electron chi connectivity index (χ2n) is 5.26. The smallest absolute Gasteiger partial charge is 0.141 e. The Morgan fingerprint density at radius 2 is 1.95 bits per heavy atom. The Balaban J connectivity index is 2.03. The second kappa shape index (κ2) is 6.63. The lowest BCUT2D eigenvalue weighted by Gasteiger charge is -2.27. The van der Waals surface area contributed by atoms with Gasteiger partial charge in [0.15, 0.2) is 0 Å². The maximum atomic E-state index is 13.2. The molecular formula is C16H19F2N3. The van der Waals surface area contributed by atoms with Crippen LogP contribution in [0.5, 0.6) is 0 Å². The normalized spacial score (nSPS) is 13.8. The molecule has 3 nitrogen and oxygen atoms in total. The lowest BCUT2D eigenvalue weighted by Crippen LogP contribution is -2.31. The minimum atomic E-state index is -0.379. The van der Waals surface area contributed by atoms with Crippen LogP contribution < -0.4 is 10.6 Å². The molecule has 2 rings (SSSR count). The van der Waals surface area contributed by atoms with Gasteiger partial charge in [0.1, 0.15) is 11.6 Å². The average molecular weight is 291 g/mol. The first-order valence-electron chi connectivity index (χ1n) is 6.81. The molecule has 0 amide bonds. The number of hydrogen-bond acceptors (Lipinski definition) is 3. The highest BCUT2D eigenvalue weighted by Crippen LogP contribution is 2.21. The molecule has 0 bridgehead atoms. The molecule has 2 atom stereocenters. The van der Waals surface area contributed by atoms with Crippen LogP contribution in [0.3, 0.4) is 0 Å². The van der Waals surface area contributed by atoms with Gasteiger partial charge in [0.2, 0.25) is 0 Å². The third-order valence-corrected chi connectivity index (χ3v) is 3.52. The zero-order chi connectivity index (χ0) is 15.4. The number of pyridine rings is 1. The van der Waals surface area contributed by atoms with E-state index in [9.17, 15) is 8.78 Å². The molecule has 1 aromatic carbocycles. The monoisotopic (exact) mass is 291 g/mol. The fourth-order valence-corrected chi connectivity index (χ4v) is 2.24. The third kappa shape index (κ3) is 3.98. The summed E-state index contributed by atoms with van der Waals surface area (Å²) in [4.78, 5) is 5.96. The van der Waals surface area contributed by atoms with Crippen molar-refractivity contribution in [2.75, 3.05) is 18.5 Å². The van der Waals surface area contributed by atoms with Crippen molar-refractivity contribution >= 4 is 5.69 Å². The number of nitrogens with zero attached hydrogens (tertiary/aromatic N) is 2. The van der Waals surface area contributed by atoms with Crippen molar-refractivity contribution in [2.24, 2.45) is 11.7 Å². The van der Waals surface area contributed by atoms with Gasteiger partial charge >= 0.3 is 0 Å². The number of benzene rings is 1. The van der Waals surface area contributed by atoms with Gasteiger partial charge in [-0.3, -0.25) is 4.98 Å². The van der Waals surface area contributed by atoms with Gasteiger partial charge in [-0.2, -0.15) is 0 Å². The Labute approximate surface area is 123 Å². The topological polar surface area (TPSA) is 42.1 Å². The van der Waals surface area contributed by atoms with Gasteiger partial charge in [0.05, 0.1) is 17.9 Å². The summed E-state index contributed by atoms with van der Waals surface area (Å²) >= 11 is 0. The highest BCUT2D eigenvalue weighted by molar-refractivity contribution is 5.45. The Hall–Kier alpha value is -2.01. The van der Waals surface area contributed by atoms with Gasteiger partial charge in [-0.15, -0.1) is 0 Å². The molecule has 0 aliphatic carbocycles.